The van der Waals surface area contributed by atoms with Crippen molar-refractivity contribution in [1.29, 1.82) is 0 Å². The number of pyridine rings is 2. The number of piperazine rings is 1. The van der Waals surface area contributed by atoms with Crippen LogP contribution in [-0.2, 0) is 23.7 Å². The van der Waals surface area contributed by atoms with Crippen molar-refractivity contribution in [2.75, 3.05) is 66.3 Å². The van der Waals surface area contributed by atoms with Crippen molar-refractivity contribution in [3.8, 4) is 5.75 Å². The second kappa shape index (κ2) is 15.7. The maximum absolute atomic E-state index is 15.2. The van der Waals surface area contributed by atoms with Gasteiger partial charge in [-0.25, -0.2) is 13.8 Å². The van der Waals surface area contributed by atoms with E-state index in [0.29, 0.717) is 70.6 Å². The van der Waals surface area contributed by atoms with Crippen LogP contribution in [0, 0.1) is 11.8 Å². The molecule has 3 atom stereocenters. The minimum Gasteiger partial charge on any atom is -0.480 e. The molecule has 3 N–H and O–H groups in total. The third-order valence-electron chi connectivity index (χ3n) is 13.7. The van der Waals surface area contributed by atoms with E-state index in [1.54, 1.807) is 19.3 Å². The molecule has 4 fully saturated rings. The van der Waals surface area contributed by atoms with Gasteiger partial charge in [-0.2, -0.15) is 5.10 Å². The fourth-order valence-corrected chi connectivity index (χ4v) is 10.2. The highest BCUT2D eigenvalue weighted by atomic mass is 35.5. The Hall–Kier alpha value is -5.48. The van der Waals surface area contributed by atoms with Gasteiger partial charge in [0.2, 0.25) is 17.6 Å². The summed E-state index contributed by atoms with van der Waals surface area (Å²) in [4.78, 5) is 49.7. The van der Waals surface area contributed by atoms with E-state index in [1.165, 1.54) is 4.57 Å². The Labute approximate surface area is 362 Å². The smallest absolute Gasteiger partial charge is 0.301 e. The Balaban J connectivity index is 0.777. The van der Waals surface area contributed by atoms with Gasteiger partial charge in [-0.3, -0.25) is 29.3 Å². The van der Waals surface area contributed by atoms with Gasteiger partial charge in [0.05, 0.1) is 51.3 Å². The van der Waals surface area contributed by atoms with Gasteiger partial charge in [0.25, 0.3) is 5.56 Å². The van der Waals surface area contributed by atoms with E-state index in [9.17, 15) is 14.4 Å². The van der Waals surface area contributed by atoms with Crippen molar-refractivity contribution in [2.45, 2.75) is 69.4 Å². The molecule has 326 valence electrons. The molecule has 0 bridgehead atoms. The number of anilines is 5. The molecule has 0 radical (unpaired) electrons. The minimum absolute atomic E-state index is 0.0912. The number of hydrogen-bond donors (Lipinski definition) is 3. The van der Waals surface area contributed by atoms with Gasteiger partial charge >= 0.3 is 5.92 Å². The van der Waals surface area contributed by atoms with Crippen molar-refractivity contribution in [3.05, 3.63) is 69.7 Å². The zero-order chi connectivity index (χ0) is 43.0. The van der Waals surface area contributed by atoms with E-state index in [4.69, 9.17) is 26.4 Å². The Bertz CT molecular complexity index is 2660. The number of nitrogens with one attached hydrogen (secondary N) is 3. The van der Waals surface area contributed by atoms with Gasteiger partial charge in [0.15, 0.2) is 6.61 Å². The number of benzene rings is 2. The van der Waals surface area contributed by atoms with Crippen molar-refractivity contribution in [1.82, 2.24) is 29.5 Å². The summed E-state index contributed by atoms with van der Waals surface area (Å²) in [5.74, 6) is -2.91. The minimum atomic E-state index is -3.12. The van der Waals surface area contributed by atoms with Gasteiger partial charge < -0.3 is 29.7 Å². The van der Waals surface area contributed by atoms with Crippen LogP contribution < -0.4 is 36.0 Å². The third kappa shape index (κ3) is 7.48. The van der Waals surface area contributed by atoms with E-state index in [-0.39, 0.29) is 23.5 Å². The number of amides is 2. The predicted octanol–water partition coefficient (Wildman–Crippen LogP) is 6.38. The summed E-state index contributed by atoms with van der Waals surface area (Å²) < 4.78 is 39.2. The Morgan fingerprint density at radius 3 is 2.50 bits per heavy atom. The lowest BCUT2D eigenvalue weighted by molar-refractivity contribution is -0.134. The summed E-state index contributed by atoms with van der Waals surface area (Å²) in [7, 11) is 3.53. The summed E-state index contributed by atoms with van der Waals surface area (Å²) >= 11 is 6.72. The van der Waals surface area contributed by atoms with Gasteiger partial charge in [0.1, 0.15) is 5.82 Å². The number of carbonyl (C=O) groups excluding carboxylic acids is 2. The highest BCUT2D eigenvalue weighted by Crippen LogP contribution is 2.46. The number of hydrogen-bond acceptors (Lipinski definition) is 11. The number of rotatable bonds is 8. The fraction of sp³-hybridized carbons (Fsp3) is 0.489. The summed E-state index contributed by atoms with van der Waals surface area (Å²) in [6.45, 7) is 6.93. The predicted molar refractivity (Wildman–Crippen MR) is 236 cm³/mol. The van der Waals surface area contributed by atoms with Crippen LogP contribution in [0.1, 0.15) is 57.1 Å². The van der Waals surface area contributed by atoms with Gasteiger partial charge in [0, 0.05) is 94.0 Å². The maximum atomic E-state index is 15.2. The molecule has 0 spiro atoms. The maximum Gasteiger partial charge on any atom is 0.301 e. The zero-order valence-electron chi connectivity index (χ0n) is 35.1. The number of halogens is 3. The van der Waals surface area contributed by atoms with Crippen LogP contribution in [0.4, 0.5) is 37.3 Å². The van der Waals surface area contributed by atoms with Crippen LogP contribution in [0.25, 0.3) is 21.8 Å². The lowest BCUT2D eigenvalue weighted by atomic mass is 9.92. The number of aromatic nitrogens is 4. The summed E-state index contributed by atoms with van der Waals surface area (Å²) in [5, 5.41) is 15.7. The molecule has 2 amide bonds. The first kappa shape index (κ1) is 40.6. The van der Waals surface area contributed by atoms with Crippen molar-refractivity contribution in [3.63, 3.8) is 0 Å². The number of nitrogens with zero attached hydrogens (tertiary/aromatic N) is 7. The largest absolute Gasteiger partial charge is 0.480 e. The van der Waals surface area contributed by atoms with Crippen LogP contribution >= 0.6 is 11.6 Å². The molecule has 5 aliphatic rings. The van der Waals surface area contributed by atoms with Gasteiger partial charge in [-0.05, 0) is 87.3 Å². The standard InChI is InChI=1S/C45H51ClF2N10O4/c1-25-22-58(17-16-57(25)23-26-12-14-56(15-13-26)29-7-8-30-36(19-29)55(3)53-39(30)31-9-11-38(59)51-43(31)60)37-20-34(33(46)21-49-37)50-28-6-10-35-32(18-28)40-41(44(61)54(35)2)62-24-45(47,48)42(52-40)27-4-5-27/h6-8,10,18-21,25-27,31,42,52H,4-5,9,11-17,22-24H2,1-3H3,(H,49,50)(H,51,59,60)/t25-,31?,42-/m0/s1. The lowest BCUT2D eigenvalue weighted by Gasteiger charge is -2.43. The monoisotopic (exact) mass is 868 g/mol. The third-order valence-corrected chi connectivity index (χ3v) is 14.0. The summed E-state index contributed by atoms with van der Waals surface area (Å²) in [5.41, 5.74) is 4.65. The SMILES string of the molecule is C[C@H]1CN(c2cc(Nc3ccc4c(c3)c3c(c(=O)n4C)OCC(F)(F)[C@H](C4CC4)N3)c(Cl)cn2)CCN1CC1CCN(c2ccc3c(C4CCC(=O)NC4=O)nn(C)c3c2)CC1. The van der Waals surface area contributed by atoms with E-state index in [1.807, 2.05) is 29.9 Å². The van der Waals surface area contributed by atoms with Crippen molar-refractivity contribution in [2.24, 2.45) is 25.9 Å². The Kier molecular flexibility index (Phi) is 10.3. The molecule has 62 heavy (non-hydrogen) atoms. The number of ether oxygens (including phenoxy) is 1. The summed E-state index contributed by atoms with van der Waals surface area (Å²) in [6.07, 6.45) is 6.06. The van der Waals surface area contributed by atoms with Crippen LogP contribution in [0.5, 0.6) is 5.75 Å². The van der Waals surface area contributed by atoms with E-state index >= 15 is 8.78 Å². The molecule has 1 saturated carbocycles. The number of fused-ring (bicyclic) bond motifs is 4. The lowest BCUT2D eigenvalue weighted by Crippen LogP contribution is -2.54. The topological polar surface area (TPSA) is 142 Å². The molecule has 14 nitrogen and oxygen atoms in total. The highest BCUT2D eigenvalue weighted by Gasteiger charge is 2.51. The molecule has 7 heterocycles. The first-order valence-electron chi connectivity index (χ1n) is 21.7. The fourth-order valence-electron chi connectivity index (χ4n) is 10.0. The normalized spacial score (nSPS) is 23.5. The van der Waals surface area contributed by atoms with E-state index < -0.39 is 30.0 Å². The van der Waals surface area contributed by atoms with Crippen molar-refractivity contribution >= 4 is 73.8 Å². The second-order valence-corrected chi connectivity index (χ2v) is 18.3. The average molecular weight is 869 g/mol. The molecule has 2 aromatic carbocycles. The van der Waals surface area contributed by atoms with Crippen LogP contribution in [0.3, 0.4) is 0 Å². The van der Waals surface area contributed by atoms with Crippen LogP contribution in [0.15, 0.2) is 53.5 Å². The first-order chi connectivity index (χ1) is 29.8. The number of aryl methyl sites for hydroxylation is 2. The zero-order valence-corrected chi connectivity index (χ0v) is 35.9. The van der Waals surface area contributed by atoms with Gasteiger partial charge in [-0.15, -0.1) is 0 Å². The van der Waals surface area contributed by atoms with Crippen LogP contribution in [-0.4, -0.2) is 99.9 Å². The first-order valence-corrected chi connectivity index (χ1v) is 22.1. The van der Waals surface area contributed by atoms with Gasteiger partial charge in [-0.1, -0.05) is 11.6 Å². The molecule has 3 saturated heterocycles. The molecule has 5 aromatic rings. The number of imide groups is 1. The molecule has 1 unspecified atom stereocenters. The summed E-state index contributed by atoms with van der Waals surface area (Å²) in [6, 6.07) is 13.0. The average Bonchev–Trinajstić information content (AvgIpc) is 4.06. The quantitative estimate of drug-likeness (QED) is 0.150. The number of carbonyl (C=O) groups is 2. The van der Waals surface area contributed by atoms with E-state index in [2.05, 4.69) is 55.8 Å². The molecule has 17 heteroatoms. The molecule has 1 aliphatic carbocycles. The molecule has 3 aromatic heterocycles. The highest BCUT2D eigenvalue weighted by molar-refractivity contribution is 6.33. The number of alkyl halides is 2. The Morgan fingerprint density at radius 1 is 0.935 bits per heavy atom. The van der Waals surface area contributed by atoms with Crippen molar-refractivity contribution < 1.29 is 23.1 Å². The van der Waals surface area contributed by atoms with E-state index in [0.717, 1.165) is 80.2 Å². The molecule has 4 aliphatic heterocycles. The molecular formula is C45H51ClF2N10O4. The second-order valence-electron chi connectivity index (χ2n) is 17.9. The molecular weight excluding hydrogens is 818 g/mol. The van der Waals surface area contributed by atoms with Crippen LogP contribution in [0.2, 0.25) is 5.02 Å². The Morgan fingerprint density at radius 2 is 1.74 bits per heavy atom. The molecule has 10 rings (SSSR count). The number of piperidine rings is 2.